The number of carbonyl (C=O) groups excluding carboxylic acids is 2. The summed E-state index contributed by atoms with van der Waals surface area (Å²) in [6.45, 7) is 2.86. The molecule has 0 unspecified atom stereocenters. The van der Waals surface area contributed by atoms with Crippen LogP contribution in [0, 0.1) is 11.7 Å². The molecule has 2 saturated heterocycles. The normalized spacial score (nSPS) is 22.7. The van der Waals surface area contributed by atoms with Gasteiger partial charge in [0.25, 0.3) is 0 Å². The van der Waals surface area contributed by atoms with Gasteiger partial charge in [-0.05, 0) is 36.2 Å². The third-order valence-electron chi connectivity index (χ3n) is 6.08. The third-order valence-corrected chi connectivity index (χ3v) is 6.08. The third kappa shape index (κ3) is 3.97. The van der Waals surface area contributed by atoms with Crippen molar-refractivity contribution in [1.82, 2.24) is 9.80 Å². The molecule has 0 spiro atoms. The van der Waals surface area contributed by atoms with Crippen LogP contribution in [0.4, 0.5) is 10.1 Å². The highest BCUT2D eigenvalue weighted by Gasteiger charge is 2.41. The van der Waals surface area contributed by atoms with Crippen LogP contribution in [0.15, 0.2) is 54.6 Å². The molecule has 0 saturated carbocycles. The van der Waals surface area contributed by atoms with Gasteiger partial charge in [0.2, 0.25) is 11.8 Å². The van der Waals surface area contributed by atoms with Crippen molar-refractivity contribution in [2.24, 2.45) is 5.92 Å². The van der Waals surface area contributed by atoms with Gasteiger partial charge in [-0.25, -0.2) is 4.39 Å². The van der Waals surface area contributed by atoms with Crippen molar-refractivity contribution in [2.75, 3.05) is 38.1 Å². The number of piperidine rings is 1. The molecule has 2 heterocycles. The topological polar surface area (TPSA) is 43.9 Å². The second-order valence-corrected chi connectivity index (χ2v) is 7.80. The first-order valence-corrected chi connectivity index (χ1v) is 10.1. The van der Waals surface area contributed by atoms with Crippen molar-refractivity contribution in [3.8, 4) is 0 Å². The van der Waals surface area contributed by atoms with Gasteiger partial charge in [-0.1, -0.05) is 30.3 Å². The van der Waals surface area contributed by atoms with Crippen LogP contribution in [-0.4, -0.2) is 54.8 Å². The lowest BCUT2D eigenvalue weighted by molar-refractivity contribution is -0.146. The average molecular weight is 395 g/mol. The van der Waals surface area contributed by atoms with Gasteiger partial charge in [-0.2, -0.15) is 0 Å². The predicted molar refractivity (Wildman–Crippen MR) is 110 cm³/mol. The lowest BCUT2D eigenvalue weighted by Gasteiger charge is -2.43. The first kappa shape index (κ1) is 19.4. The number of nitrogens with zero attached hydrogens (tertiary/aromatic N) is 3. The fourth-order valence-corrected chi connectivity index (χ4v) is 4.50. The number of para-hydroxylation sites is 1. The second kappa shape index (κ2) is 8.23. The zero-order valence-corrected chi connectivity index (χ0v) is 16.6. The molecular formula is C23H26FN3O2. The fraction of sp³-hybridized carbons (Fsp3) is 0.391. The summed E-state index contributed by atoms with van der Waals surface area (Å²) in [7, 11) is 1.71. The molecule has 0 N–H and O–H groups in total. The molecule has 0 radical (unpaired) electrons. The van der Waals surface area contributed by atoms with Gasteiger partial charge < -0.3 is 14.7 Å². The molecule has 2 aromatic rings. The van der Waals surface area contributed by atoms with Gasteiger partial charge >= 0.3 is 0 Å². The Morgan fingerprint density at radius 1 is 1.00 bits per heavy atom. The van der Waals surface area contributed by atoms with E-state index in [0.29, 0.717) is 31.5 Å². The molecule has 0 aliphatic carbocycles. The Balaban J connectivity index is 1.50. The molecule has 6 heteroatoms. The average Bonchev–Trinajstić information content (AvgIpc) is 2.76. The Hall–Kier alpha value is -2.89. The Labute approximate surface area is 170 Å². The summed E-state index contributed by atoms with van der Waals surface area (Å²) in [4.78, 5) is 31.5. The molecule has 2 amide bonds. The van der Waals surface area contributed by atoms with E-state index >= 15 is 0 Å². The zero-order valence-electron chi connectivity index (χ0n) is 16.6. The summed E-state index contributed by atoms with van der Waals surface area (Å²) in [6.07, 6.45) is 0.852. The maximum atomic E-state index is 13.8. The number of halogens is 1. The minimum atomic E-state index is -0.424. The molecule has 29 heavy (non-hydrogen) atoms. The maximum Gasteiger partial charge on any atom is 0.228 e. The summed E-state index contributed by atoms with van der Waals surface area (Å²) >= 11 is 0. The predicted octanol–water partition coefficient (Wildman–Crippen LogP) is 3.08. The standard InChI is InChI=1S/C23H26FN3O2/c1-25-21(28)11-10-20(22(25)17-6-5-7-18(24)16-17)23(29)27-14-12-26(13-15-27)19-8-3-2-4-9-19/h2-9,16,20,22H,10-15H2,1H3/t20-,22-/m0/s1. The number of rotatable bonds is 3. The van der Waals surface area contributed by atoms with Crippen molar-refractivity contribution in [1.29, 1.82) is 0 Å². The van der Waals surface area contributed by atoms with Gasteiger partial charge in [0.15, 0.2) is 0 Å². The first-order chi connectivity index (χ1) is 14.0. The lowest BCUT2D eigenvalue weighted by Crippen LogP contribution is -2.53. The summed E-state index contributed by atoms with van der Waals surface area (Å²) in [5.41, 5.74) is 1.85. The molecular weight excluding hydrogens is 369 g/mol. The van der Waals surface area contributed by atoms with Gasteiger partial charge in [-0.3, -0.25) is 9.59 Å². The molecule has 2 fully saturated rings. The number of hydrogen-bond donors (Lipinski definition) is 0. The smallest absolute Gasteiger partial charge is 0.228 e. The summed E-state index contributed by atoms with van der Waals surface area (Å²) in [5, 5.41) is 0. The molecule has 0 aromatic heterocycles. The van der Waals surface area contributed by atoms with Crippen molar-refractivity contribution < 1.29 is 14.0 Å². The van der Waals surface area contributed by atoms with Gasteiger partial charge in [0.05, 0.1) is 12.0 Å². The van der Waals surface area contributed by atoms with Crippen LogP contribution < -0.4 is 4.90 Å². The lowest BCUT2D eigenvalue weighted by atomic mass is 9.83. The highest BCUT2D eigenvalue weighted by Crippen LogP contribution is 2.37. The summed E-state index contributed by atoms with van der Waals surface area (Å²) in [6, 6.07) is 16.0. The minimum Gasteiger partial charge on any atom is -0.368 e. The summed E-state index contributed by atoms with van der Waals surface area (Å²) < 4.78 is 13.8. The number of anilines is 1. The van der Waals surface area contributed by atoms with Gasteiger partial charge in [-0.15, -0.1) is 0 Å². The Morgan fingerprint density at radius 3 is 2.41 bits per heavy atom. The fourth-order valence-electron chi connectivity index (χ4n) is 4.50. The SMILES string of the molecule is CN1C(=O)CC[C@H](C(=O)N2CCN(c3ccccc3)CC2)[C@@H]1c1cccc(F)c1. The zero-order chi connectivity index (χ0) is 20.4. The van der Waals surface area contributed by atoms with E-state index in [0.717, 1.165) is 13.1 Å². The summed E-state index contributed by atoms with van der Waals surface area (Å²) in [5.74, 6) is -0.636. The van der Waals surface area contributed by atoms with Crippen molar-refractivity contribution >= 4 is 17.5 Å². The Morgan fingerprint density at radius 2 is 1.72 bits per heavy atom. The maximum absolute atomic E-state index is 13.8. The van der Waals surface area contributed by atoms with E-state index in [1.165, 1.54) is 17.8 Å². The molecule has 2 aliphatic heterocycles. The monoisotopic (exact) mass is 395 g/mol. The molecule has 2 aliphatic rings. The van der Waals surface area contributed by atoms with E-state index in [-0.39, 0.29) is 23.5 Å². The molecule has 2 atom stereocenters. The van der Waals surface area contributed by atoms with E-state index in [1.807, 2.05) is 23.1 Å². The van der Waals surface area contributed by atoms with Crippen LogP contribution in [-0.2, 0) is 9.59 Å². The second-order valence-electron chi connectivity index (χ2n) is 7.80. The number of benzene rings is 2. The number of hydrogen-bond acceptors (Lipinski definition) is 3. The van der Waals surface area contributed by atoms with Crippen molar-refractivity contribution in [2.45, 2.75) is 18.9 Å². The highest BCUT2D eigenvalue weighted by atomic mass is 19.1. The molecule has 0 bridgehead atoms. The van der Waals surface area contributed by atoms with E-state index in [9.17, 15) is 14.0 Å². The minimum absolute atomic E-state index is 0.00259. The van der Waals surface area contributed by atoms with Gasteiger partial charge in [0, 0.05) is 45.3 Å². The number of likely N-dealkylation sites (tertiary alicyclic amines) is 1. The molecule has 4 rings (SSSR count). The highest BCUT2D eigenvalue weighted by molar-refractivity contribution is 5.85. The molecule has 5 nitrogen and oxygen atoms in total. The van der Waals surface area contributed by atoms with E-state index < -0.39 is 6.04 Å². The Bertz CT molecular complexity index is 881. The largest absolute Gasteiger partial charge is 0.368 e. The van der Waals surface area contributed by atoms with Crippen LogP contribution in [0.1, 0.15) is 24.4 Å². The van der Waals surface area contributed by atoms with E-state index in [2.05, 4.69) is 17.0 Å². The van der Waals surface area contributed by atoms with Crippen molar-refractivity contribution in [3.05, 3.63) is 66.0 Å². The number of piperazine rings is 1. The van der Waals surface area contributed by atoms with Gasteiger partial charge in [0.1, 0.15) is 5.82 Å². The van der Waals surface area contributed by atoms with Crippen LogP contribution in [0.25, 0.3) is 0 Å². The quantitative estimate of drug-likeness (QED) is 0.802. The van der Waals surface area contributed by atoms with Crippen LogP contribution >= 0.6 is 0 Å². The molecule has 2 aromatic carbocycles. The van der Waals surface area contributed by atoms with E-state index in [4.69, 9.17) is 0 Å². The first-order valence-electron chi connectivity index (χ1n) is 10.1. The van der Waals surface area contributed by atoms with E-state index in [1.54, 1.807) is 24.1 Å². The van der Waals surface area contributed by atoms with Crippen molar-refractivity contribution in [3.63, 3.8) is 0 Å². The van der Waals surface area contributed by atoms with Crippen LogP contribution in [0.3, 0.4) is 0 Å². The number of carbonyl (C=O) groups is 2. The Kier molecular flexibility index (Phi) is 5.51. The molecule has 152 valence electrons. The number of amides is 2. The van der Waals surface area contributed by atoms with Crippen LogP contribution in [0.5, 0.6) is 0 Å². The van der Waals surface area contributed by atoms with Crippen LogP contribution in [0.2, 0.25) is 0 Å².